The first-order valence-corrected chi connectivity index (χ1v) is 4.20. The second-order valence-electron chi connectivity index (χ2n) is 2.97. The van der Waals surface area contributed by atoms with Gasteiger partial charge in [-0.05, 0) is 6.92 Å². The van der Waals surface area contributed by atoms with Gasteiger partial charge in [-0.3, -0.25) is 19.1 Å². The Bertz CT molecular complexity index is 500. The smallest absolute Gasteiger partial charge is 0.331 e. The van der Waals surface area contributed by atoms with Crippen LogP contribution in [0.5, 0.6) is 5.88 Å². The third kappa shape index (κ3) is 2.06. The van der Waals surface area contributed by atoms with Crippen molar-refractivity contribution in [2.45, 2.75) is 13.5 Å². The Morgan fingerprint density at radius 1 is 1.53 bits per heavy atom. The van der Waals surface area contributed by atoms with Crippen LogP contribution >= 0.6 is 0 Å². The minimum absolute atomic E-state index is 0.00139. The standard InChI is InChI=1S/C8H11N3O4/c1-4-6(13)10-8(15)11(7(4)14)3-5(12)9-2/h14H,3H2,1-2H3,(H,9,12)(H,10,13,15). The second-order valence-corrected chi connectivity index (χ2v) is 2.97. The summed E-state index contributed by atoms with van der Waals surface area (Å²) in [4.78, 5) is 35.3. The summed E-state index contributed by atoms with van der Waals surface area (Å²) in [6.45, 7) is 1.02. The fourth-order valence-electron chi connectivity index (χ4n) is 1.03. The van der Waals surface area contributed by atoms with E-state index in [9.17, 15) is 19.5 Å². The van der Waals surface area contributed by atoms with Gasteiger partial charge in [-0.15, -0.1) is 0 Å². The molecule has 1 aromatic rings. The van der Waals surface area contributed by atoms with E-state index in [4.69, 9.17) is 0 Å². The first-order chi connectivity index (χ1) is 6.97. The molecule has 0 radical (unpaired) electrons. The van der Waals surface area contributed by atoms with E-state index in [0.717, 1.165) is 4.57 Å². The van der Waals surface area contributed by atoms with Crippen molar-refractivity contribution < 1.29 is 9.90 Å². The molecule has 82 valence electrons. The van der Waals surface area contributed by atoms with Gasteiger partial charge in [0.2, 0.25) is 11.8 Å². The van der Waals surface area contributed by atoms with Gasteiger partial charge in [-0.25, -0.2) is 4.79 Å². The molecule has 0 saturated heterocycles. The molecule has 0 unspecified atom stereocenters. The van der Waals surface area contributed by atoms with Crippen LogP contribution in [0.3, 0.4) is 0 Å². The lowest BCUT2D eigenvalue weighted by Crippen LogP contribution is -2.35. The van der Waals surface area contributed by atoms with Crippen LogP contribution in [0, 0.1) is 6.92 Å². The number of carbonyl (C=O) groups is 1. The fraction of sp³-hybridized carbons (Fsp3) is 0.375. The molecular formula is C8H11N3O4. The molecule has 1 aromatic heterocycles. The van der Waals surface area contributed by atoms with Gasteiger partial charge in [0.05, 0.1) is 5.56 Å². The number of aromatic amines is 1. The molecule has 0 aliphatic heterocycles. The number of hydrogen-bond donors (Lipinski definition) is 3. The first-order valence-electron chi connectivity index (χ1n) is 4.20. The Kier molecular flexibility index (Phi) is 2.93. The molecule has 0 bridgehead atoms. The molecule has 1 rings (SSSR count). The topological polar surface area (TPSA) is 104 Å². The van der Waals surface area contributed by atoms with Crippen molar-refractivity contribution in [1.82, 2.24) is 14.9 Å². The van der Waals surface area contributed by atoms with Crippen LogP contribution in [0.1, 0.15) is 5.56 Å². The van der Waals surface area contributed by atoms with E-state index in [0.29, 0.717) is 0 Å². The summed E-state index contributed by atoms with van der Waals surface area (Å²) in [5, 5.41) is 11.8. The number of aromatic hydroxyl groups is 1. The molecule has 0 atom stereocenters. The molecule has 1 amide bonds. The zero-order valence-electron chi connectivity index (χ0n) is 8.33. The van der Waals surface area contributed by atoms with Crippen molar-refractivity contribution in [3.63, 3.8) is 0 Å². The fourth-order valence-corrected chi connectivity index (χ4v) is 1.03. The molecule has 7 nitrogen and oxygen atoms in total. The van der Waals surface area contributed by atoms with Crippen molar-refractivity contribution in [1.29, 1.82) is 0 Å². The summed E-state index contributed by atoms with van der Waals surface area (Å²) in [6, 6.07) is 0. The maximum absolute atomic E-state index is 11.2. The summed E-state index contributed by atoms with van der Waals surface area (Å²) in [7, 11) is 1.41. The van der Waals surface area contributed by atoms with E-state index in [1.807, 2.05) is 4.98 Å². The molecule has 0 spiro atoms. The Morgan fingerprint density at radius 3 is 2.67 bits per heavy atom. The number of carbonyl (C=O) groups excluding carboxylic acids is 1. The molecule has 1 heterocycles. The molecule has 0 aliphatic rings. The highest BCUT2D eigenvalue weighted by Crippen LogP contribution is 2.06. The van der Waals surface area contributed by atoms with E-state index in [1.54, 1.807) is 0 Å². The van der Waals surface area contributed by atoms with Crippen molar-refractivity contribution in [3.8, 4) is 5.88 Å². The van der Waals surface area contributed by atoms with Crippen LogP contribution in [0.25, 0.3) is 0 Å². The summed E-state index contributed by atoms with van der Waals surface area (Å²) in [6.07, 6.45) is 0. The lowest BCUT2D eigenvalue weighted by Gasteiger charge is -2.07. The number of H-pyrrole nitrogens is 1. The normalized spacial score (nSPS) is 10.0. The number of amides is 1. The lowest BCUT2D eigenvalue weighted by atomic mass is 10.3. The molecule has 15 heavy (non-hydrogen) atoms. The zero-order chi connectivity index (χ0) is 11.6. The lowest BCUT2D eigenvalue weighted by molar-refractivity contribution is -0.121. The van der Waals surface area contributed by atoms with Crippen LogP contribution < -0.4 is 16.6 Å². The van der Waals surface area contributed by atoms with Crippen LogP contribution in [0.4, 0.5) is 0 Å². The molecule has 0 saturated carbocycles. The predicted molar refractivity (Wildman–Crippen MR) is 51.8 cm³/mol. The van der Waals surface area contributed by atoms with E-state index in [2.05, 4.69) is 5.32 Å². The van der Waals surface area contributed by atoms with Crippen molar-refractivity contribution in [3.05, 3.63) is 26.4 Å². The summed E-state index contributed by atoms with van der Waals surface area (Å²) < 4.78 is 0.787. The maximum atomic E-state index is 11.2. The summed E-state index contributed by atoms with van der Waals surface area (Å²) in [5.74, 6) is -0.939. The Labute approximate surface area is 84.4 Å². The Balaban J connectivity index is 3.31. The largest absolute Gasteiger partial charge is 0.494 e. The van der Waals surface area contributed by atoms with Gasteiger partial charge in [0.15, 0.2) is 0 Å². The van der Waals surface area contributed by atoms with Crippen molar-refractivity contribution in [2.24, 2.45) is 0 Å². The van der Waals surface area contributed by atoms with Crippen molar-refractivity contribution >= 4 is 5.91 Å². The van der Waals surface area contributed by atoms with Gasteiger partial charge in [0.25, 0.3) is 5.56 Å². The van der Waals surface area contributed by atoms with Gasteiger partial charge in [0.1, 0.15) is 6.54 Å². The van der Waals surface area contributed by atoms with Gasteiger partial charge in [-0.2, -0.15) is 0 Å². The van der Waals surface area contributed by atoms with Gasteiger partial charge >= 0.3 is 5.69 Å². The van der Waals surface area contributed by atoms with Crippen LogP contribution in [-0.4, -0.2) is 27.6 Å². The average Bonchev–Trinajstić information content (AvgIpc) is 2.21. The average molecular weight is 213 g/mol. The molecule has 0 fully saturated rings. The minimum Gasteiger partial charge on any atom is -0.494 e. The molecule has 0 aromatic carbocycles. The quantitative estimate of drug-likeness (QED) is 0.544. The molecule has 3 N–H and O–H groups in total. The van der Waals surface area contributed by atoms with Gasteiger partial charge in [-0.1, -0.05) is 0 Å². The maximum Gasteiger partial charge on any atom is 0.331 e. The third-order valence-electron chi connectivity index (χ3n) is 1.98. The third-order valence-corrected chi connectivity index (χ3v) is 1.98. The van der Waals surface area contributed by atoms with Crippen molar-refractivity contribution in [2.75, 3.05) is 7.05 Å². The highest BCUT2D eigenvalue weighted by molar-refractivity contribution is 5.75. The number of rotatable bonds is 2. The minimum atomic E-state index is -0.813. The summed E-state index contributed by atoms with van der Waals surface area (Å²) >= 11 is 0. The Hall–Kier alpha value is -2.05. The SMILES string of the molecule is CNC(=O)Cn1c(O)c(C)c(=O)[nH]c1=O. The van der Waals surface area contributed by atoms with E-state index in [1.165, 1.54) is 14.0 Å². The van der Waals surface area contributed by atoms with E-state index >= 15 is 0 Å². The van der Waals surface area contributed by atoms with Gasteiger partial charge < -0.3 is 10.4 Å². The zero-order valence-corrected chi connectivity index (χ0v) is 8.33. The second kappa shape index (κ2) is 3.99. The number of aromatic nitrogens is 2. The molecule has 7 heteroatoms. The Morgan fingerprint density at radius 2 is 2.13 bits per heavy atom. The van der Waals surface area contributed by atoms with Gasteiger partial charge in [0, 0.05) is 7.05 Å². The highest BCUT2D eigenvalue weighted by Gasteiger charge is 2.12. The number of likely N-dealkylation sites (N-methyl/N-ethyl adjacent to an activating group) is 1. The number of hydrogen-bond acceptors (Lipinski definition) is 4. The summed E-state index contributed by atoms with van der Waals surface area (Å²) in [5.41, 5.74) is -1.48. The van der Waals surface area contributed by atoms with E-state index in [-0.39, 0.29) is 12.1 Å². The van der Waals surface area contributed by atoms with E-state index < -0.39 is 23.0 Å². The monoisotopic (exact) mass is 213 g/mol. The number of nitrogens with zero attached hydrogens (tertiary/aromatic N) is 1. The predicted octanol–water partition coefficient (Wildman–Crippen LogP) is -1.70. The molecular weight excluding hydrogens is 202 g/mol. The van der Waals surface area contributed by atoms with Crippen LogP contribution in [0.15, 0.2) is 9.59 Å². The van der Waals surface area contributed by atoms with Crippen LogP contribution in [0.2, 0.25) is 0 Å². The van der Waals surface area contributed by atoms with Crippen LogP contribution in [-0.2, 0) is 11.3 Å². The molecule has 0 aliphatic carbocycles. The number of nitrogens with one attached hydrogen (secondary N) is 2. The highest BCUT2D eigenvalue weighted by atomic mass is 16.3. The first kappa shape index (κ1) is 11.0.